The van der Waals surface area contributed by atoms with E-state index in [-0.39, 0.29) is 23.1 Å². The van der Waals surface area contributed by atoms with Gasteiger partial charge in [0.2, 0.25) is 9.04 Å². The Labute approximate surface area is 182 Å². The van der Waals surface area contributed by atoms with Crippen molar-refractivity contribution >= 4 is 21.1 Å². The van der Waals surface area contributed by atoms with Gasteiger partial charge in [0.25, 0.3) is 0 Å². The molecule has 2 N–H and O–H groups in total. The second-order valence-electron chi connectivity index (χ2n) is 9.84. The maximum Gasteiger partial charge on any atom is 0.407 e. The summed E-state index contributed by atoms with van der Waals surface area (Å²) < 4.78 is 11.2. The molecule has 0 saturated heterocycles. The van der Waals surface area contributed by atoms with Crippen molar-refractivity contribution in [3.05, 3.63) is 47.7 Å². The Morgan fingerprint density at radius 1 is 1.10 bits per heavy atom. The van der Waals surface area contributed by atoms with Crippen molar-refractivity contribution < 1.29 is 23.9 Å². The Balaban J connectivity index is 3.36. The number of hydrogen-bond donors (Lipinski definition) is 2. The number of carbonyl (C=O) groups is 2. The van der Waals surface area contributed by atoms with E-state index in [9.17, 15) is 14.7 Å². The molecule has 1 amide bonds. The largest absolute Gasteiger partial charge is 0.542 e. The molecule has 30 heavy (non-hydrogen) atoms. The molecule has 1 aromatic rings. The summed E-state index contributed by atoms with van der Waals surface area (Å²) in [4.78, 5) is 24.4. The third-order valence-electron chi connectivity index (χ3n) is 4.34. The zero-order chi connectivity index (χ0) is 23.1. The lowest BCUT2D eigenvalue weighted by atomic mass is 9.74. The zero-order valence-electron chi connectivity index (χ0n) is 19.5. The maximum atomic E-state index is 12.6. The Morgan fingerprint density at radius 2 is 1.67 bits per heavy atom. The quantitative estimate of drug-likeness (QED) is 0.350. The molecule has 0 aromatic heterocycles. The molecule has 0 fully saturated rings. The summed E-state index contributed by atoms with van der Waals surface area (Å²) in [5.41, 5.74) is 0.0709. The van der Waals surface area contributed by atoms with Gasteiger partial charge in [-0.3, -0.25) is 0 Å². The number of carboxylic acids is 1. The Bertz CT molecular complexity index is 732. The molecule has 0 aliphatic carbocycles. The van der Waals surface area contributed by atoms with Gasteiger partial charge in [-0.2, -0.15) is 0 Å². The second kappa shape index (κ2) is 10.7. The zero-order valence-corrected chi connectivity index (χ0v) is 20.6. The van der Waals surface area contributed by atoms with E-state index in [2.05, 4.69) is 5.32 Å². The number of nitrogens with one attached hydrogen (secondary N) is 1. The van der Waals surface area contributed by atoms with Gasteiger partial charge in [0.15, 0.2) is 5.76 Å². The van der Waals surface area contributed by atoms with Crippen molar-refractivity contribution in [3.8, 4) is 0 Å². The summed E-state index contributed by atoms with van der Waals surface area (Å²) >= 11 is 0. The lowest BCUT2D eigenvalue weighted by Crippen LogP contribution is -2.47. The lowest BCUT2D eigenvalue weighted by molar-refractivity contribution is -0.135. The van der Waals surface area contributed by atoms with Gasteiger partial charge in [-0.25, -0.2) is 9.59 Å². The maximum absolute atomic E-state index is 12.6. The van der Waals surface area contributed by atoms with Crippen molar-refractivity contribution in [2.24, 2.45) is 11.3 Å². The van der Waals surface area contributed by atoms with E-state index in [0.29, 0.717) is 6.42 Å². The Kier molecular flexibility index (Phi) is 9.15. The molecule has 1 aromatic carbocycles. The molecule has 1 rings (SSSR count). The van der Waals surface area contributed by atoms with Crippen molar-refractivity contribution in [2.45, 2.75) is 72.7 Å². The predicted octanol–water partition coefficient (Wildman–Crippen LogP) is 4.75. The van der Waals surface area contributed by atoms with Gasteiger partial charge in [0.05, 0.1) is 0 Å². The number of carboxylic acid groups (broad SMARTS) is 1. The van der Waals surface area contributed by atoms with Crippen LogP contribution in [0, 0.1) is 11.3 Å². The van der Waals surface area contributed by atoms with Crippen molar-refractivity contribution in [1.29, 1.82) is 0 Å². The second-order valence-corrected chi connectivity index (χ2v) is 12.2. The molecule has 2 unspecified atom stereocenters. The highest BCUT2D eigenvalue weighted by molar-refractivity contribution is 6.49. The van der Waals surface area contributed by atoms with E-state index in [4.69, 9.17) is 9.16 Å². The highest BCUT2D eigenvalue weighted by Crippen LogP contribution is 2.33. The first kappa shape index (κ1) is 25.8. The summed E-state index contributed by atoms with van der Waals surface area (Å²) in [6.07, 6.45) is 1.66. The Morgan fingerprint density at radius 3 is 2.10 bits per heavy atom. The average Bonchev–Trinajstić information content (AvgIpc) is 2.55. The van der Waals surface area contributed by atoms with Gasteiger partial charge in [-0.15, -0.1) is 0 Å². The highest BCUT2D eigenvalue weighted by Gasteiger charge is 2.34. The fourth-order valence-electron chi connectivity index (χ4n) is 3.14. The molecule has 0 saturated carbocycles. The van der Waals surface area contributed by atoms with E-state index in [1.807, 2.05) is 85.0 Å². The molecule has 168 valence electrons. The molecule has 7 heteroatoms. The summed E-state index contributed by atoms with van der Waals surface area (Å²) in [5, 5.41) is 12.6. The van der Waals surface area contributed by atoms with Crippen LogP contribution in [0.25, 0.3) is 0 Å². The van der Waals surface area contributed by atoms with Crippen LogP contribution in [-0.2, 0) is 20.4 Å². The van der Waals surface area contributed by atoms with E-state index < -0.39 is 26.7 Å². The summed E-state index contributed by atoms with van der Waals surface area (Å²) in [6.45, 7) is 15.3. The molecule has 0 spiro atoms. The molecule has 2 atom stereocenters. The number of rotatable bonds is 8. The van der Waals surface area contributed by atoms with Crippen LogP contribution in [0.1, 0.15) is 47.1 Å². The number of carbonyl (C=O) groups excluding carboxylic acids is 1. The number of amides is 1. The highest BCUT2D eigenvalue weighted by atomic mass is 28.3. The molecular weight excluding hydrogens is 398 g/mol. The normalized spacial score (nSPS) is 14.8. The van der Waals surface area contributed by atoms with Crippen LogP contribution in [0.2, 0.25) is 13.1 Å². The van der Waals surface area contributed by atoms with Crippen LogP contribution in [0.15, 0.2) is 42.2 Å². The summed E-state index contributed by atoms with van der Waals surface area (Å²) in [7, 11) is -1.62. The number of ether oxygens (including phenoxy) is 1. The van der Waals surface area contributed by atoms with Crippen LogP contribution in [0.5, 0.6) is 0 Å². The topological polar surface area (TPSA) is 84.9 Å². The van der Waals surface area contributed by atoms with Crippen LogP contribution in [0.4, 0.5) is 4.79 Å². The minimum Gasteiger partial charge on any atom is -0.542 e. The number of aliphatic carboxylic acids is 1. The van der Waals surface area contributed by atoms with Crippen molar-refractivity contribution in [2.75, 3.05) is 0 Å². The standard InChI is InChI=1S/C23H37NO5Si/c1-22(2,3)17(15-19(20(25)26)29-30(7)8)18(14-16-12-10-9-11-13-16)24-21(27)28-23(4,5)6/h9-13,15,17-18,30H,14H2,1-8H3,(H,24,27)(H,25,26). The van der Waals surface area contributed by atoms with E-state index >= 15 is 0 Å². The first-order valence-electron chi connectivity index (χ1n) is 10.3. The van der Waals surface area contributed by atoms with E-state index in [1.165, 1.54) is 0 Å². The van der Waals surface area contributed by atoms with Crippen LogP contribution in [0.3, 0.4) is 0 Å². The smallest absolute Gasteiger partial charge is 0.407 e. The summed E-state index contributed by atoms with van der Waals surface area (Å²) in [6, 6.07) is 9.42. The first-order chi connectivity index (χ1) is 13.7. The monoisotopic (exact) mass is 435 g/mol. The molecule has 0 heterocycles. The van der Waals surface area contributed by atoms with Crippen molar-refractivity contribution in [3.63, 3.8) is 0 Å². The fourth-order valence-corrected chi connectivity index (χ4v) is 3.83. The fraction of sp³-hybridized carbons (Fsp3) is 0.565. The van der Waals surface area contributed by atoms with Crippen LogP contribution in [-0.4, -0.2) is 37.9 Å². The molecule has 0 aliphatic rings. The Hall–Kier alpha value is -2.28. The third kappa shape index (κ3) is 9.48. The average molecular weight is 436 g/mol. The van der Waals surface area contributed by atoms with Crippen LogP contribution >= 0.6 is 0 Å². The minimum atomic E-state index is -1.62. The molecular formula is C23H37NO5Si. The van der Waals surface area contributed by atoms with Gasteiger partial charge in [0, 0.05) is 12.0 Å². The van der Waals surface area contributed by atoms with Crippen LogP contribution < -0.4 is 5.32 Å². The molecule has 6 nitrogen and oxygen atoms in total. The lowest BCUT2D eigenvalue weighted by Gasteiger charge is -2.36. The molecule has 0 radical (unpaired) electrons. The number of benzene rings is 1. The SMILES string of the molecule is C[SiH](C)OC(=CC(C(Cc1ccccc1)NC(=O)OC(C)(C)C)C(C)(C)C)C(=O)O. The molecule has 0 aliphatic heterocycles. The van der Waals surface area contributed by atoms with Gasteiger partial charge < -0.3 is 19.6 Å². The van der Waals surface area contributed by atoms with Gasteiger partial charge >= 0.3 is 12.1 Å². The number of alkyl carbamates (subject to hydrolysis) is 1. The van der Waals surface area contributed by atoms with E-state index in [1.54, 1.807) is 6.08 Å². The van der Waals surface area contributed by atoms with Gasteiger partial charge in [-0.05, 0) is 57.3 Å². The van der Waals surface area contributed by atoms with Gasteiger partial charge in [-0.1, -0.05) is 51.1 Å². The van der Waals surface area contributed by atoms with Gasteiger partial charge in [0.1, 0.15) is 5.60 Å². The summed E-state index contributed by atoms with van der Waals surface area (Å²) in [5.74, 6) is -1.45. The number of hydrogen-bond acceptors (Lipinski definition) is 4. The predicted molar refractivity (Wildman–Crippen MR) is 122 cm³/mol. The first-order valence-corrected chi connectivity index (χ1v) is 13.1. The molecule has 0 bridgehead atoms. The van der Waals surface area contributed by atoms with Crippen molar-refractivity contribution in [1.82, 2.24) is 5.32 Å². The third-order valence-corrected chi connectivity index (χ3v) is 5.06. The van der Waals surface area contributed by atoms with E-state index in [0.717, 1.165) is 5.56 Å². The minimum absolute atomic E-state index is 0.0550.